The first-order valence-corrected chi connectivity index (χ1v) is 11.4. The molecule has 6 heteroatoms. The lowest BCUT2D eigenvalue weighted by Crippen LogP contribution is -2.14. The summed E-state index contributed by atoms with van der Waals surface area (Å²) in [6.07, 6.45) is 0. The number of rotatable bonds is 7. The molecule has 3 aromatic heterocycles. The van der Waals surface area contributed by atoms with Gasteiger partial charge >= 0.3 is 0 Å². The third-order valence-corrected chi connectivity index (χ3v) is 5.91. The van der Waals surface area contributed by atoms with Crippen LogP contribution >= 0.6 is 0 Å². The number of hydrogen-bond acceptors (Lipinski definition) is 5. The molecular weight excluding hydrogens is 440 g/mol. The molecule has 6 nitrogen and oxygen atoms in total. The number of benzene rings is 2. The van der Waals surface area contributed by atoms with E-state index in [-0.39, 0.29) is 11.8 Å². The first-order chi connectivity index (χ1) is 17.0. The highest BCUT2D eigenvalue weighted by Gasteiger charge is 2.31. The predicted molar refractivity (Wildman–Crippen MR) is 135 cm³/mol. The highest BCUT2D eigenvalue weighted by Crippen LogP contribution is 2.43. The first kappa shape index (κ1) is 22.6. The molecule has 0 unspecified atom stereocenters. The number of amides is 1. The van der Waals surface area contributed by atoms with Crippen molar-refractivity contribution < 1.29 is 18.4 Å². The van der Waals surface area contributed by atoms with Gasteiger partial charge in [0.15, 0.2) is 0 Å². The van der Waals surface area contributed by atoms with Crippen LogP contribution in [-0.2, 0) is 11.3 Å². The van der Waals surface area contributed by atoms with Crippen LogP contribution in [0.3, 0.4) is 0 Å². The van der Waals surface area contributed by atoms with Crippen LogP contribution in [0.25, 0.3) is 11.1 Å². The van der Waals surface area contributed by atoms with Crippen LogP contribution in [0.15, 0.2) is 87.7 Å². The monoisotopic (exact) mass is 466 g/mol. The van der Waals surface area contributed by atoms with Gasteiger partial charge in [0.1, 0.15) is 23.2 Å². The van der Waals surface area contributed by atoms with E-state index in [2.05, 4.69) is 10.3 Å². The minimum Gasteiger partial charge on any atom is -0.465 e. The van der Waals surface area contributed by atoms with Gasteiger partial charge in [-0.15, -0.1) is 0 Å². The number of hydrogen-bond donors (Lipinski definition) is 1. The van der Waals surface area contributed by atoms with Crippen LogP contribution in [0.1, 0.15) is 50.4 Å². The average Bonchev–Trinajstić information content (AvgIpc) is 3.44. The van der Waals surface area contributed by atoms with Crippen LogP contribution in [0.5, 0.6) is 0 Å². The highest BCUT2D eigenvalue weighted by atomic mass is 16.5. The van der Waals surface area contributed by atoms with E-state index in [1.54, 1.807) is 19.2 Å². The molecule has 0 spiro atoms. The number of nitrogens with one attached hydrogen (secondary N) is 1. The average molecular weight is 467 g/mol. The summed E-state index contributed by atoms with van der Waals surface area (Å²) in [6.45, 7) is 4.17. The second-order valence-corrected chi connectivity index (χ2v) is 8.49. The van der Waals surface area contributed by atoms with Gasteiger partial charge in [0.05, 0.1) is 17.7 Å². The summed E-state index contributed by atoms with van der Waals surface area (Å²) in [7, 11) is 1.64. The molecule has 0 saturated carbocycles. The summed E-state index contributed by atoms with van der Waals surface area (Å²) in [4.78, 5) is 18.0. The molecular formula is C29H26N2O4. The third kappa shape index (κ3) is 4.48. The van der Waals surface area contributed by atoms with E-state index in [4.69, 9.17) is 13.6 Å². The molecule has 1 N–H and O–H groups in total. The highest BCUT2D eigenvalue weighted by molar-refractivity contribution is 6.09. The zero-order valence-electron chi connectivity index (χ0n) is 19.9. The quantitative estimate of drug-likeness (QED) is 0.292. The summed E-state index contributed by atoms with van der Waals surface area (Å²) in [5.41, 5.74) is 4.22. The number of methoxy groups -OCH3 is 1. The molecule has 5 rings (SSSR count). The molecule has 2 aromatic carbocycles. The summed E-state index contributed by atoms with van der Waals surface area (Å²) in [5, 5.41) is 3.85. The van der Waals surface area contributed by atoms with Crippen molar-refractivity contribution in [3.63, 3.8) is 0 Å². The lowest BCUT2D eigenvalue weighted by atomic mass is 9.92. The van der Waals surface area contributed by atoms with E-state index in [1.165, 1.54) is 0 Å². The van der Waals surface area contributed by atoms with Crippen molar-refractivity contribution in [1.29, 1.82) is 0 Å². The van der Waals surface area contributed by atoms with Gasteiger partial charge in [-0.1, -0.05) is 48.5 Å². The minimum atomic E-state index is -0.388. The molecule has 0 radical (unpaired) electrons. The number of nitrogens with zero attached hydrogens (tertiary/aromatic N) is 1. The van der Waals surface area contributed by atoms with E-state index in [0.29, 0.717) is 35.1 Å². The van der Waals surface area contributed by atoms with Crippen LogP contribution in [0.2, 0.25) is 0 Å². The smallest absolute Gasteiger partial charge is 0.255 e. The Bertz CT molecular complexity index is 1470. The van der Waals surface area contributed by atoms with E-state index in [9.17, 15) is 4.79 Å². The zero-order valence-corrected chi connectivity index (χ0v) is 19.9. The van der Waals surface area contributed by atoms with Crippen LogP contribution in [0, 0.1) is 13.8 Å². The van der Waals surface area contributed by atoms with Crippen molar-refractivity contribution in [1.82, 2.24) is 4.98 Å². The van der Waals surface area contributed by atoms with E-state index in [1.807, 2.05) is 80.6 Å². The normalized spacial score (nSPS) is 12.1. The van der Waals surface area contributed by atoms with E-state index < -0.39 is 0 Å². The lowest BCUT2D eigenvalue weighted by molar-refractivity contribution is 0.102. The molecule has 0 saturated heterocycles. The number of ether oxygens (including phenoxy) is 1. The van der Waals surface area contributed by atoms with E-state index in [0.717, 1.165) is 28.0 Å². The number of carbonyl (C=O) groups excluding carboxylic acids is 1. The molecule has 176 valence electrons. The van der Waals surface area contributed by atoms with Gasteiger partial charge in [-0.25, -0.2) is 4.98 Å². The minimum absolute atomic E-state index is 0.235. The summed E-state index contributed by atoms with van der Waals surface area (Å²) >= 11 is 0. The summed E-state index contributed by atoms with van der Waals surface area (Å²) in [6, 6.07) is 24.9. The molecule has 0 aliphatic carbocycles. The Kier molecular flexibility index (Phi) is 6.21. The standard InChI is InChI=1S/C29H26N2O4/c1-18-16-22(17-33-3)25-26(31-28(32)21-12-8-5-9-13-21)27(35-29(25)30-18)24(20-10-6-4-7-11-20)23-15-14-19(2)34-23/h4-16,24H,17H2,1-3H3,(H,31,32)/t24-/m1/s1. The SMILES string of the molecule is COCc1cc(C)nc2oc([C@H](c3ccccc3)c3ccc(C)o3)c(NC(=O)c3ccccc3)c12. The zero-order chi connectivity index (χ0) is 24.4. The van der Waals surface area contributed by atoms with Gasteiger partial charge in [0, 0.05) is 18.4 Å². The van der Waals surface area contributed by atoms with Gasteiger partial charge in [-0.05, 0) is 55.3 Å². The van der Waals surface area contributed by atoms with Crippen molar-refractivity contribution in [2.45, 2.75) is 26.4 Å². The fourth-order valence-corrected chi connectivity index (χ4v) is 4.40. The molecule has 1 amide bonds. The fourth-order valence-electron chi connectivity index (χ4n) is 4.40. The number of fused-ring (bicyclic) bond motifs is 1. The Morgan fingerprint density at radius 3 is 2.34 bits per heavy atom. The predicted octanol–water partition coefficient (Wildman–Crippen LogP) is 6.62. The first-order valence-electron chi connectivity index (χ1n) is 11.4. The Morgan fingerprint density at radius 2 is 1.69 bits per heavy atom. The fraction of sp³-hybridized carbons (Fsp3) is 0.172. The Balaban J connectivity index is 1.76. The number of aromatic nitrogens is 1. The van der Waals surface area contributed by atoms with Crippen molar-refractivity contribution >= 4 is 22.7 Å². The molecule has 0 bridgehead atoms. The van der Waals surface area contributed by atoms with Crippen molar-refractivity contribution in [2.24, 2.45) is 0 Å². The van der Waals surface area contributed by atoms with Crippen molar-refractivity contribution in [2.75, 3.05) is 12.4 Å². The Hall–Kier alpha value is -4.16. The summed E-state index contributed by atoms with van der Waals surface area (Å²) < 4.78 is 18.0. The molecule has 5 aromatic rings. The Morgan fingerprint density at radius 1 is 0.971 bits per heavy atom. The molecule has 0 fully saturated rings. The number of furan rings is 2. The number of carbonyl (C=O) groups is 1. The molecule has 3 heterocycles. The van der Waals surface area contributed by atoms with E-state index >= 15 is 0 Å². The third-order valence-electron chi connectivity index (χ3n) is 5.91. The van der Waals surface area contributed by atoms with Crippen LogP contribution in [-0.4, -0.2) is 18.0 Å². The van der Waals surface area contributed by atoms with Gasteiger partial charge in [0.25, 0.3) is 5.91 Å². The Labute approximate surface area is 203 Å². The van der Waals surface area contributed by atoms with Crippen molar-refractivity contribution in [3.05, 3.63) is 119 Å². The van der Waals surface area contributed by atoms with Crippen LogP contribution < -0.4 is 5.32 Å². The van der Waals surface area contributed by atoms with Gasteiger partial charge in [0.2, 0.25) is 5.71 Å². The molecule has 1 atom stereocenters. The number of anilines is 1. The number of aryl methyl sites for hydroxylation is 2. The largest absolute Gasteiger partial charge is 0.465 e. The maximum Gasteiger partial charge on any atom is 0.255 e. The van der Waals surface area contributed by atoms with Gasteiger partial charge in [-0.3, -0.25) is 4.79 Å². The van der Waals surface area contributed by atoms with Crippen molar-refractivity contribution in [3.8, 4) is 0 Å². The maximum absolute atomic E-state index is 13.3. The molecule has 0 aliphatic heterocycles. The lowest BCUT2D eigenvalue weighted by Gasteiger charge is -2.16. The van der Waals surface area contributed by atoms with Crippen LogP contribution in [0.4, 0.5) is 5.69 Å². The number of pyridine rings is 1. The second kappa shape index (κ2) is 9.60. The molecule has 35 heavy (non-hydrogen) atoms. The summed E-state index contributed by atoms with van der Waals surface area (Å²) in [5.74, 6) is 1.44. The topological polar surface area (TPSA) is 77.5 Å². The molecule has 0 aliphatic rings. The maximum atomic E-state index is 13.3. The van der Waals surface area contributed by atoms with Gasteiger partial charge < -0.3 is 18.9 Å². The second-order valence-electron chi connectivity index (χ2n) is 8.49. The van der Waals surface area contributed by atoms with Gasteiger partial charge in [-0.2, -0.15) is 0 Å².